The number of benzene rings is 2. The molecule has 2 aromatic heterocycles. The standard InChI is InChI=1S/C25H26N6OS/c1-3-30(4-2)20-15-13-19(14-16-20)27-23(32)18-33-25-29-28-24(22-12-8-9-17-26-22)31(25)21-10-6-5-7-11-21/h5-17H,3-4,18H2,1-2H3,(H,27,32). The Morgan fingerprint density at radius 1 is 0.939 bits per heavy atom. The summed E-state index contributed by atoms with van der Waals surface area (Å²) in [6.07, 6.45) is 1.73. The number of hydrogen-bond acceptors (Lipinski definition) is 6. The molecular formula is C25H26N6OS. The molecule has 4 rings (SSSR count). The number of carbonyl (C=O) groups excluding carboxylic acids is 1. The van der Waals surface area contributed by atoms with Gasteiger partial charge in [0.15, 0.2) is 11.0 Å². The Kier molecular flexibility index (Phi) is 7.36. The van der Waals surface area contributed by atoms with Crippen LogP contribution in [0.1, 0.15) is 13.8 Å². The number of nitrogens with zero attached hydrogens (tertiary/aromatic N) is 5. The third-order valence-corrected chi connectivity index (χ3v) is 6.08. The van der Waals surface area contributed by atoms with Gasteiger partial charge in [-0.1, -0.05) is 36.0 Å². The predicted molar refractivity (Wildman–Crippen MR) is 134 cm³/mol. The second-order valence-electron chi connectivity index (χ2n) is 7.25. The van der Waals surface area contributed by atoms with E-state index < -0.39 is 0 Å². The van der Waals surface area contributed by atoms with Crippen LogP contribution in [0.4, 0.5) is 11.4 Å². The van der Waals surface area contributed by atoms with Gasteiger partial charge in [-0.25, -0.2) is 0 Å². The fourth-order valence-electron chi connectivity index (χ4n) is 3.51. The monoisotopic (exact) mass is 458 g/mol. The Labute approximate surface area is 197 Å². The van der Waals surface area contributed by atoms with Gasteiger partial charge in [0, 0.05) is 36.3 Å². The zero-order chi connectivity index (χ0) is 23.0. The van der Waals surface area contributed by atoms with E-state index in [-0.39, 0.29) is 11.7 Å². The fourth-order valence-corrected chi connectivity index (χ4v) is 4.26. The summed E-state index contributed by atoms with van der Waals surface area (Å²) < 4.78 is 1.93. The van der Waals surface area contributed by atoms with Crippen molar-refractivity contribution in [1.82, 2.24) is 19.7 Å². The Morgan fingerprint density at radius 3 is 2.33 bits per heavy atom. The molecule has 1 amide bonds. The highest BCUT2D eigenvalue weighted by atomic mass is 32.2. The highest BCUT2D eigenvalue weighted by molar-refractivity contribution is 7.99. The molecule has 2 heterocycles. The van der Waals surface area contributed by atoms with Gasteiger partial charge < -0.3 is 10.2 Å². The molecule has 168 valence electrons. The molecule has 0 radical (unpaired) electrons. The number of nitrogens with one attached hydrogen (secondary N) is 1. The number of pyridine rings is 1. The highest BCUT2D eigenvalue weighted by Crippen LogP contribution is 2.27. The average Bonchev–Trinajstić information content (AvgIpc) is 3.30. The van der Waals surface area contributed by atoms with E-state index in [0.717, 1.165) is 35.8 Å². The maximum atomic E-state index is 12.6. The normalized spacial score (nSPS) is 10.7. The molecule has 0 saturated heterocycles. The van der Waals surface area contributed by atoms with Crippen LogP contribution in [-0.2, 0) is 4.79 Å². The average molecular weight is 459 g/mol. The summed E-state index contributed by atoms with van der Waals surface area (Å²) in [5, 5.41) is 12.3. The van der Waals surface area contributed by atoms with Crippen molar-refractivity contribution in [2.75, 3.05) is 29.1 Å². The molecule has 0 atom stereocenters. The first-order chi connectivity index (χ1) is 16.2. The van der Waals surface area contributed by atoms with Crippen LogP contribution in [-0.4, -0.2) is 44.5 Å². The lowest BCUT2D eigenvalue weighted by Gasteiger charge is -2.21. The summed E-state index contributed by atoms with van der Waals surface area (Å²) in [6.45, 7) is 6.15. The largest absolute Gasteiger partial charge is 0.372 e. The van der Waals surface area contributed by atoms with Crippen molar-refractivity contribution >= 4 is 29.0 Å². The van der Waals surface area contributed by atoms with Crippen molar-refractivity contribution in [3.63, 3.8) is 0 Å². The molecule has 0 unspecified atom stereocenters. The number of aromatic nitrogens is 4. The quantitative estimate of drug-likeness (QED) is 0.359. The molecule has 2 aromatic carbocycles. The molecule has 7 nitrogen and oxygen atoms in total. The third kappa shape index (κ3) is 5.40. The first kappa shape index (κ1) is 22.5. The van der Waals surface area contributed by atoms with E-state index in [0.29, 0.717) is 11.0 Å². The van der Waals surface area contributed by atoms with Gasteiger partial charge in [0.25, 0.3) is 0 Å². The van der Waals surface area contributed by atoms with Gasteiger partial charge in [0.1, 0.15) is 5.69 Å². The van der Waals surface area contributed by atoms with Crippen molar-refractivity contribution in [3.05, 3.63) is 79.0 Å². The number of anilines is 2. The summed E-state index contributed by atoms with van der Waals surface area (Å²) in [6, 6.07) is 23.4. The van der Waals surface area contributed by atoms with Crippen molar-refractivity contribution in [1.29, 1.82) is 0 Å². The molecular weight excluding hydrogens is 432 g/mol. The van der Waals surface area contributed by atoms with Crippen LogP contribution < -0.4 is 10.2 Å². The molecule has 0 bridgehead atoms. The van der Waals surface area contributed by atoms with E-state index in [1.165, 1.54) is 11.8 Å². The Morgan fingerprint density at radius 2 is 1.67 bits per heavy atom. The smallest absolute Gasteiger partial charge is 0.234 e. The number of hydrogen-bond donors (Lipinski definition) is 1. The second-order valence-corrected chi connectivity index (χ2v) is 8.19. The molecule has 0 aliphatic carbocycles. The van der Waals surface area contributed by atoms with Crippen LogP contribution in [0.3, 0.4) is 0 Å². The minimum absolute atomic E-state index is 0.0995. The van der Waals surface area contributed by atoms with Crippen molar-refractivity contribution in [2.45, 2.75) is 19.0 Å². The molecule has 0 fully saturated rings. The summed E-state index contributed by atoms with van der Waals surface area (Å²) in [4.78, 5) is 19.3. The Balaban J connectivity index is 1.48. The number of amides is 1. The topological polar surface area (TPSA) is 75.9 Å². The fraction of sp³-hybridized carbons (Fsp3) is 0.200. The number of carbonyl (C=O) groups is 1. The lowest BCUT2D eigenvalue weighted by atomic mass is 10.2. The molecule has 1 N–H and O–H groups in total. The van der Waals surface area contributed by atoms with Crippen LogP contribution in [0, 0.1) is 0 Å². The number of para-hydroxylation sites is 1. The van der Waals surface area contributed by atoms with Crippen molar-refractivity contribution < 1.29 is 4.79 Å². The molecule has 0 saturated carbocycles. The van der Waals surface area contributed by atoms with Crippen LogP contribution in [0.2, 0.25) is 0 Å². The molecule has 8 heteroatoms. The van der Waals surface area contributed by atoms with E-state index in [1.54, 1.807) is 6.20 Å². The number of rotatable bonds is 9. The van der Waals surface area contributed by atoms with Crippen LogP contribution >= 0.6 is 11.8 Å². The second kappa shape index (κ2) is 10.8. The first-order valence-corrected chi connectivity index (χ1v) is 11.9. The summed E-state index contributed by atoms with van der Waals surface area (Å²) in [5.41, 5.74) is 3.55. The number of thioether (sulfide) groups is 1. The zero-order valence-corrected chi connectivity index (χ0v) is 19.5. The summed E-state index contributed by atoms with van der Waals surface area (Å²) in [7, 11) is 0. The van der Waals surface area contributed by atoms with E-state index >= 15 is 0 Å². The lowest BCUT2D eigenvalue weighted by molar-refractivity contribution is -0.113. The Bertz CT molecular complexity index is 1170. The van der Waals surface area contributed by atoms with E-state index in [1.807, 2.05) is 77.4 Å². The maximum absolute atomic E-state index is 12.6. The molecule has 33 heavy (non-hydrogen) atoms. The highest BCUT2D eigenvalue weighted by Gasteiger charge is 2.18. The minimum Gasteiger partial charge on any atom is -0.372 e. The molecule has 0 aliphatic heterocycles. The van der Waals surface area contributed by atoms with Crippen molar-refractivity contribution in [3.8, 4) is 17.2 Å². The summed E-state index contributed by atoms with van der Waals surface area (Å²) >= 11 is 1.34. The predicted octanol–water partition coefficient (Wildman–Crippen LogP) is 4.91. The van der Waals surface area contributed by atoms with Gasteiger partial charge in [-0.2, -0.15) is 0 Å². The van der Waals surface area contributed by atoms with E-state index in [4.69, 9.17) is 0 Å². The molecule has 0 aliphatic rings. The van der Waals surface area contributed by atoms with Crippen LogP contribution in [0.5, 0.6) is 0 Å². The molecule has 4 aromatic rings. The van der Waals surface area contributed by atoms with Crippen LogP contribution in [0.15, 0.2) is 84.1 Å². The van der Waals surface area contributed by atoms with Gasteiger partial charge >= 0.3 is 0 Å². The lowest BCUT2D eigenvalue weighted by Crippen LogP contribution is -2.21. The maximum Gasteiger partial charge on any atom is 0.234 e. The molecule has 0 spiro atoms. The first-order valence-electron chi connectivity index (χ1n) is 10.9. The Hall–Kier alpha value is -3.65. The minimum atomic E-state index is -0.0995. The van der Waals surface area contributed by atoms with E-state index in [9.17, 15) is 4.79 Å². The summed E-state index contributed by atoms with van der Waals surface area (Å²) in [5.74, 6) is 0.750. The van der Waals surface area contributed by atoms with Gasteiger partial charge in [0.05, 0.1) is 5.75 Å². The van der Waals surface area contributed by atoms with Crippen molar-refractivity contribution in [2.24, 2.45) is 0 Å². The third-order valence-electron chi connectivity index (χ3n) is 5.15. The van der Waals surface area contributed by atoms with Gasteiger partial charge in [-0.3, -0.25) is 14.3 Å². The van der Waals surface area contributed by atoms with Gasteiger partial charge in [0.2, 0.25) is 5.91 Å². The van der Waals surface area contributed by atoms with E-state index in [2.05, 4.69) is 39.2 Å². The van der Waals surface area contributed by atoms with Gasteiger partial charge in [-0.05, 0) is 62.4 Å². The SMILES string of the molecule is CCN(CC)c1ccc(NC(=O)CSc2nnc(-c3ccccn3)n2-c2ccccc2)cc1. The van der Waals surface area contributed by atoms with Crippen LogP contribution in [0.25, 0.3) is 17.2 Å². The zero-order valence-electron chi connectivity index (χ0n) is 18.7. The van der Waals surface area contributed by atoms with Gasteiger partial charge in [-0.15, -0.1) is 10.2 Å².